The van der Waals surface area contributed by atoms with Crippen LogP contribution in [0.5, 0.6) is 0 Å². The fourth-order valence-corrected chi connectivity index (χ4v) is 4.06. The summed E-state index contributed by atoms with van der Waals surface area (Å²) in [5, 5.41) is 14.8. The Hall–Kier alpha value is -3.60. The second-order valence-corrected chi connectivity index (χ2v) is 8.66. The minimum atomic E-state index is -3.05. The van der Waals surface area contributed by atoms with Crippen LogP contribution in [0.25, 0.3) is 5.52 Å². The monoisotopic (exact) mass is 456 g/mol. The van der Waals surface area contributed by atoms with Crippen molar-refractivity contribution < 1.29 is 23.1 Å². The van der Waals surface area contributed by atoms with Crippen LogP contribution < -0.4 is 0 Å². The number of pyridine rings is 1. The molecule has 172 valence electrons. The summed E-state index contributed by atoms with van der Waals surface area (Å²) < 4.78 is 34.6. The lowest BCUT2D eigenvalue weighted by Gasteiger charge is -2.33. The van der Waals surface area contributed by atoms with Crippen molar-refractivity contribution in [3.05, 3.63) is 70.7 Å². The molecule has 0 saturated heterocycles. The summed E-state index contributed by atoms with van der Waals surface area (Å²) in [4.78, 5) is 26.2. The van der Waals surface area contributed by atoms with Crippen LogP contribution in [0, 0.1) is 6.92 Å². The van der Waals surface area contributed by atoms with Crippen LogP contribution in [0.1, 0.15) is 71.1 Å². The number of halogens is 2. The molecule has 1 amide bonds. The van der Waals surface area contributed by atoms with Gasteiger partial charge in [-0.1, -0.05) is 6.07 Å². The molecule has 0 spiro atoms. The van der Waals surface area contributed by atoms with Gasteiger partial charge in [0.15, 0.2) is 5.69 Å². The summed E-state index contributed by atoms with van der Waals surface area (Å²) >= 11 is 0. The van der Waals surface area contributed by atoms with Crippen LogP contribution >= 0.6 is 0 Å². The molecule has 1 aliphatic rings. The molecule has 2 N–H and O–H groups in total. The van der Waals surface area contributed by atoms with Crippen molar-refractivity contribution in [3.63, 3.8) is 0 Å². The first-order valence-electron chi connectivity index (χ1n) is 10.4. The largest absolute Gasteiger partial charge is 0.432 e. The molecule has 5 heterocycles. The van der Waals surface area contributed by atoms with Crippen molar-refractivity contribution in [2.24, 2.45) is 0 Å². The van der Waals surface area contributed by atoms with E-state index >= 15 is 0 Å². The van der Waals surface area contributed by atoms with Gasteiger partial charge in [0, 0.05) is 24.9 Å². The highest BCUT2D eigenvalue weighted by atomic mass is 19.3. The maximum absolute atomic E-state index is 13.7. The summed E-state index contributed by atoms with van der Waals surface area (Å²) in [7, 11) is 0. The number of carbonyl (C=O) groups is 1. The van der Waals surface area contributed by atoms with Crippen molar-refractivity contribution in [3.8, 4) is 0 Å². The van der Waals surface area contributed by atoms with Crippen LogP contribution in [0.15, 0.2) is 35.1 Å². The minimum absolute atomic E-state index is 0.229. The number of fused-ring (bicyclic) bond motifs is 2. The Labute approximate surface area is 187 Å². The molecule has 0 aliphatic carbocycles. The number of oxazole rings is 1. The average Bonchev–Trinajstić information content (AvgIpc) is 3.48. The molecule has 9 nitrogen and oxygen atoms in total. The van der Waals surface area contributed by atoms with Crippen molar-refractivity contribution in [1.82, 2.24) is 29.5 Å². The number of alkyl halides is 2. The smallest absolute Gasteiger partial charge is 0.292 e. The Kier molecular flexibility index (Phi) is 4.82. The van der Waals surface area contributed by atoms with Crippen LogP contribution in [0.2, 0.25) is 0 Å². The number of amides is 1. The predicted molar refractivity (Wildman–Crippen MR) is 112 cm³/mol. The van der Waals surface area contributed by atoms with Gasteiger partial charge in [-0.05, 0) is 38.5 Å². The van der Waals surface area contributed by atoms with Gasteiger partial charge in [0.1, 0.15) is 11.6 Å². The number of carbonyl (C=O) groups excluding carboxylic acids is 1. The fraction of sp³-hybridized carbons (Fsp3) is 0.364. The van der Waals surface area contributed by atoms with Crippen LogP contribution in [-0.4, -0.2) is 47.0 Å². The Morgan fingerprint density at radius 2 is 2.15 bits per heavy atom. The standard InChI is InChI=1S/C22H22F2N6O3/c1-11-4-5-12-8-14(28-30(12)9-11)17-15-13(25-10-26-15)6-7-29(17)20(31)18-16(19(23)24)27-21(33-18)22(2,3)32/h4-5,8-10,17,19,32H,6-7H2,1-3H3,(H,25,26). The third kappa shape index (κ3) is 3.58. The Bertz CT molecular complexity index is 1350. The Morgan fingerprint density at radius 3 is 2.88 bits per heavy atom. The van der Waals surface area contributed by atoms with Crippen LogP contribution in [-0.2, 0) is 12.0 Å². The molecule has 0 radical (unpaired) electrons. The first-order valence-corrected chi connectivity index (χ1v) is 10.4. The third-order valence-corrected chi connectivity index (χ3v) is 5.67. The predicted octanol–water partition coefficient (Wildman–Crippen LogP) is 3.31. The zero-order valence-electron chi connectivity index (χ0n) is 18.2. The van der Waals surface area contributed by atoms with Crippen LogP contribution in [0.3, 0.4) is 0 Å². The number of rotatable bonds is 4. The first kappa shape index (κ1) is 21.3. The fourth-order valence-electron chi connectivity index (χ4n) is 4.06. The summed E-state index contributed by atoms with van der Waals surface area (Å²) in [6.45, 7) is 4.87. The highest BCUT2D eigenvalue weighted by Crippen LogP contribution is 2.36. The zero-order chi connectivity index (χ0) is 23.5. The van der Waals surface area contributed by atoms with Crippen molar-refractivity contribution in [1.29, 1.82) is 0 Å². The SMILES string of the molecule is Cc1ccc2cc(C3c4nc[nH]c4CCN3C(=O)c3oc(C(C)(C)O)nc3C(F)F)nn2c1. The van der Waals surface area contributed by atoms with Crippen molar-refractivity contribution >= 4 is 11.4 Å². The highest BCUT2D eigenvalue weighted by Gasteiger charge is 2.40. The lowest BCUT2D eigenvalue weighted by atomic mass is 9.99. The minimum Gasteiger partial charge on any atom is -0.432 e. The first-order chi connectivity index (χ1) is 15.6. The molecule has 4 aromatic heterocycles. The van der Waals surface area contributed by atoms with E-state index in [4.69, 9.17) is 4.42 Å². The molecule has 0 bridgehead atoms. The maximum atomic E-state index is 13.7. The summed E-state index contributed by atoms with van der Waals surface area (Å²) in [5.74, 6) is -1.70. The molecule has 1 unspecified atom stereocenters. The van der Waals surface area contributed by atoms with E-state index in [1.807, 2.05) is 31.3 Å². The highest BCUT2D eigenvalue weighted by molar-refractivity contribution is 5.93. The summed E-state index contributed by atoms with van der Waals surface area (Å²) in [6.07, 6.45) is 0.809. The van der Waals surface area contributed by atoms with E-state index in [2.05, 4.69) is 20.1 Å². The number of aromatic nitrogens is 5. The molecule has 1 aliphatic heterocycles. The van der Waals surface area contributed by atoms with E-state index in [0.29, 0.717) is 17.8 Å². The number of nitrogens with zero attached hydrogens (tertiary/aromatic N) is 5. The topological polar surface area (TPSA) is 113 Å². The average molecular weight is 456 g/mol. The van der Waals surface area contributed by atoms with E-state index in [-0.39, 0.29) is 12.4 Å². The van der Waals surface area contributed by atoms with Gasteiger partial charge in [0.2, 0.25) is 11.7 Å². The van der Waals surface area contributed by atoms with Gasteiger partial charge in [0.25, 0.3) is 12.3 Å². The van der Waals surface area contributed by atoms with Gasteiger partial charge in [-0.25, -0.2) is 23.3 Å². The van der Waals surface area contributed by atoms with Gasteiger partial charge in [0.05, 0.1) is 23.2 Å². The van der Waals surface area contributed by atoms with E-state index in [0.717, 1.165) is 16.8 Å². The molecule has 0 saturated carbocycles. The molecule has 1 atom stereocenters. The molecular formula is C22H22F2N6O3. The molecule has 0 aromatic carbocycles. The Morgan fingerprint density at radius 1 is 1.36 bits per heavy atom. The number of nitrogens with one attached hydrogen (secondary N) is 1. The number of H-pyrrole nitrogens is 1. The van der Waals surface area contributed by atoms with Gasteiger partial charge < -0.3 is 19.4 Å². The lowest BCUT2D eigenvalue weighted by Crippen LogP contribution is -2.41. The lowest BCUT2D eigenvalue weighted by molar-refractivity contribution is 0.0440. The molecule has 5 rings (SSSR count). The molecule has 0 fully saturated rings. The molecular weight excluding hydrogens is 434 g/mol. The van der Waals surface area contributed by atoms with E-state index in [1.165, 1.54) is 25.1 Å². The van der Waals surface area contributed by atoms with Crippen molar-refractivity contribution in [2.45, 2.75) is 45.3 Å². The molecule has 33 heavy (non-hydrogen) atoms. The van der Waals surface area contributed by atoms with Gasteiger partial charge in [-0.15, -0.1) is 0 Å². The number of aliphatic hydroxyl groups is 1. The normalized spacial score (nSPS) is 16.6. The zero-order valence-corrected chi connectivity index (χ0v) is 18.2. The quantitative estimate of drug-likeness (QED) is 0.487. The molecule has 11 heteroatoms. The van der Waals surface area contributed by atoms with Gasteiger partial charge in [-0.2, -0.15) is 5.10 Å². The van der Waals surface area contributed by atoms with E-state index in [1.54, 1.807) is 4.52 Å². The second kappa shape index (κ2) is 7.48. The number of aromatic amines is 1. The Balaban J connectivity index is 1.62. The van der Waals surface area contributed by atoms with Crippen LogP contribution in [0.4, 0.5) is 8.78 Å². The van der Waals surface area contributed by atoms with Crippen molar-refractivity contribution in [2.75, 3.05) is 6.54 Å². The summed E-state index contributed by atoms with van der Waals surface area (Å²) in [5.41, 5.74) is 1.39. The van der Waals surface area contributed by atoms with E-state index in [9.17, 15) is 18.7 Å². The number of imidazole rings is 1. The number of hydrogen-bond acceptors (Lipinski definition) is 6. The maximum Gasteiger partial charge on any atom is 0.292 e. The van der Waals surface area contributed by atoms with E-state index < -0.39 is 35.4 Å². The number of hydrogen-bond donors (Lipinski definition) is 2. The second-order valence-electron chi connectivity index (χ2n) is 8.66. The summed E-state index contributed by atoms with van der Waals surface area (Å²) in [6, 6.07) is 4.98. The number of aryl methyl sites for hydroxylation is 1. The van der Waals surface area contributed by atoms with Gasteiger partial charge >= 0.3 is 0 Å². The third-order valence-electron chi connectivity index (χ3n) is 5.67. The van der Waals surface area contributed by atoms with Gasteiger partial charge in [-0.3, -0.25) is 4.79 Å². The molecule has 4 aromatic rings.